The lowest BCUT2D eigenvalue weighted by molar-refractivity contribution is -0.174. The highest BCUT2D eigenvalue weighted by molar-refractivity contribution is 5.10. The van der Waals surface area contributed by atoms with Crippen molar-refractivity contribution in [3.63, 3.8) is 0 Å². The minimum atomic E-state index is -0.441. The first-order valence-electron chi connectivity index (χ1n) is 10.7. The highest BCUT2D eigenvalue weighted by Gasteiger charge is 2.60. The first-order valence-corrected chi connectivity index (χ1v) is 10.7. The standard InChI is InChI=1S/C22H38O2/c1-4-24-15-22-13-12-21(3,23)14-16(22)7-8-17-18-6-5-10-20(18,2)11-9-19(17)22/h16-19,23H,4-15H2,1-3H3/t16-,17-,18-,19-,20-,21+,22+/m0/s1. The molecule has 7 atom stereocenters. The van der Waals surface area contributed by atoms with Gasteiger partial charge in [-0.1, -0.05) is 13.3 Å². The summed E-state index contributed by atoms with van der Waals surface area (Å²) in [7, 11) is 0. The lowest BCUT2D eigenvalue weighted by Gasteiger charge is -2.62. The van der Waals surface area contributed by atoms with Gasteiger partial charge in [-0.3, -0.25) is 0 Å². The van der Waals surface area contributed by atoms with Gasteiger partial charge in [0, 0.05) is 6.61 Å². The van der Waals surface area contributed by atoms with Crippen molar-refractivity contribution in [3.8, 4) is 0 Å². The van der Waals surface area contributed by atoms with E-state index in [0.29, 0.717) is 16.7 Å². The number of hydrogen-bond donors (Lipinski definition) is 1. The first kappa shape index (κ1) is 17.3. The zero-order chi connectivity index (χ0) is 17.0. The quantitative estimate of drug-likeness (QED) is 0.770. The van der Waals surface area contributed by atoms with Gasteiger partial charge in [-0.05, 0) is 106 Å². The predicted octanol–water partition coefficient (Wildman–Crippen LogP) is 5.19. The summed E-state index contributed by atoms with van der Waals surface area (Å²) in [4.78, 5) is 0. The smallest absolute Gasteiger partial charge is 0.0622 e. The lowest BCUT2D eigenvalue weighted by Crippen LogP contribution is -2.57. The molecule has 0 aliphatic heterocycles. The molecule has 0 radical (unpaired) electrons. The average Bonchev–Trinajstić information content (AvgIpc) is 2.94. The predicted molar refractivity (Wildman–Crippen MR) is 97.8 cm³/mol. The normalized spacial score (nSPS) is 54.0. The van der Waals surface area contributed by atoms with Crippen molar-refractivity contribution in [2.75, 3.05) is 13.2 Å². The third-order valence-electron chi connectivity index (χ3n) is 9.01. The Balaban J connectivity index is 1.64. The van der Waals surface area contributed by atoms with Crippen LogP contribution in [0.4, 0.5) is 0 Å². The Bertz CT molecular complexity index is 473. The summed E-state index contributed by atoms with van der Waals surface area (Å²) in [6.45, 7) is 8.59. The van der Waals surface area contributed by atoms with Gasteiger partial charge in [0.15, 0.2) is 0 Å². The molecular formula is C22H38O2. The summed E-state index contributed by atoms with van der Waals surface area (Å²) in [6, 6.07) is 0. The largest absolute Gasteiger partial charge is 0.390 e. The van der Waals surface area contributed by atoms with E-state index in [9.17, 15) is 5.11 Å². The minimum Gasteiger partial charge on any atom is -0.390 e. The fraction of sp³-hybridized carbons (Fsp3) is 1.00. The van der Waals surface area contributed by atoms with Gasteiger partial charge < -0.3 is 9.84 Å². The van der Waals surface area contributed by atoms with Crippen LogP contribution < -0.4 is 0 Å². The molecule has 0 spiro atoms. The van der Waals surface area contributed by atoms with Gasteiger partial charge in [0.2, 0.25) is 0 Å². The molecule has 4 saturated carbocycles. The molecule has 0 heterocycles. The second-order valence-electron chi connectivity index (χ2n) is 10.3. The van der Waals surface area contributed by atoms with Gasteiger partial charge in [0.25, 0.3) is 0 Å². The Morgan fingerprint density at radius 3 is 2.58 bits per heavy atom. The first-order chi connectivity index (χ1) is 11.4. The van der Waals surface area contributed by atoms with Crippen LogP contribution in [0, 0.1) is 34.5 Å². The summed E-state index contributed by atoms with van der Waals surface area (Å²) in [5.74, 6) is 3.44. The van der Waals surface area contributed by atoms with Crippen LogP contribution in [0.25, 0.3) is 0 Å². The van der Waals surface area contributed by atoms with Gasteiger partial charge in [-0.25, -0.2) is 0 Å². The van der Waals surface area contributed by atoms with E-state index in [4.69, 9.17) is 4.74 Å². The Kier molecular flexibility index (Phi) is 4.32. The Hall–Kier alpha value is -0.0800. The van der Waals surface area contributed by atoms with Crippen molar-refractivity contribution in [3.05, 3.63) is 0 Å². The number of ether oxygens (including phenoxy) is 1. The molecule has 1 N–H and O–H groups in total. The molecule has 0 bridgehead atoms. The SMILES string of the molecule is CCOC[C@]12CC[C@@](C)(O)C[C@@H]1CC[C@H]1[C@@H]3CCC[C@@]3(C)CC[C@@H]12. The molecule has 4 aliphatic rings. The van der Waals surface area contributed by atoms with Crippen LogP contribution >= 0.6 is 0 Å². The Morgan fingerprint density at radius 2 is 1.79 bits per heavy atom. The van der Waals surface area contributed by atoms with Gasteiger partial charge in [-0.15, -0.1) is 0 Å². The summed E-state index contributed by atoms with van der Waals surface area (Å²) in [5, 5.41) is 10.7. The van der Waals surface area contributed by atoms with Crippen molar-refractivity contribution in [2.45, 2.75) is 90.6 Å². The molecule has 0 amide bonds. The van der Waals surface area contributed by atoms with E-state index < -0.39 is 5.60 Å². The van der Waals surface area contributed by atoms with Crippen LogP contribution in [0.1, 0.15) is 85.0 Å². The lowest BCUT2D eigenvalue weighted by atomic mass is 9.44. The number of fused-ring (bicyclic) bond motifs is 5. The summed E-state index contributed by atoms with van der Waals surface area (Å²) in [6.07, 6.45) is 13.2. The van der Waals surface area contributed by atoms with Crippen molar-refractivity contribution in [2.24, 2.45) is 34.5 Å². The van der Waals surface area contributed by atoms with E-state index in [1.165, 1.54) is 51.4 Å². The van der Waals surface area contributed by atoms with Crippen molar-refractivity contribution >= 4 is 0 Å². The summed E-state index contributed by atoms with van der Waals surface area (Å²) >= 11 is 0. The molecule has 4 aliphatic carbocycles. The highest BCUT2D eigenvalue weighted by Crippen LogP contribution is 2.67. The monoisotopic (exact) mass is 334 g/mol. The van der Waals surface area contributed by atoms with E-state index in [1.807, 2.05) is 0 Å². The average molecular weight is 335 g/mol. The van der Waals surface area contributed by atoms with Crippen LogP contribution in [-0.2, 0) is 4.74 Å². The Labute approximate surface area is 148 Å². The van der Waals surface area contributed by atoms with Gasteiger partial charge in [0.1, 0.15) is 0 Å². The fourth-order valence-electron chi connectivity index (χ4n) is 7.80. The van der Waals surface area contributed by atoms with Gasteiger partial charge in [-0.2, -0.15) is 0 Å². The summed E-state index contributed by atoms with van der Waals surface area (Å²) in [5.41, 5.74) is 0.565. The summed E-state index contributed by atoms with van der Waals surface area (Å²) < 4.78 is 6.11. The molecule has 138 valence electrons. The molecule has 4 rings (SSSR count). The molecule has 4 fully saturated rings. The van der Waals surface area contributed by atoms with Crippen LogP contribution in [-0.4, -0.2) is 23.9 Å². The van der Waals surface area contributed by atoms with E-state index in [-0.39, 0.29) is 0 Å². The van der Waals surface area contributed by atoms with Crippen LogP contribution in [0.15, 0.2) is 0 Å². The molecule has 0 unspecified atom stereocenters. The Morgan fingerprint density at radius 1 is 0.958 bits per heavy atom. The van der Waals surface area contributed by atoms with Crippen molar-refractivity contribution in [1.29, 1.82) is 0 Å². The molecule has 0 aromatic rings. The second-order valence-corrected chi connectivity index (χ2v) is 10.3. The van der Waals surface area contributed by atoms with Crippen LogP contribution in [0.5, 0.6) is 0 Å². The molecule has 2 heteroatoms. The molecular weight excluding hydrogens is 296 g/mol. The zero-order valence-electron chi connectivity index (χ0n) is 16.2. The zero-order valence-corrected chi connectivity index (χ0v) is 16.2. The van der Waals surface area contributed by atoms with Crippen molar-refractivity contribution in [1.82, 2.24) is 0 Å². The fourth-order valence-corrected chi connectivity index (χ4v) is 7.80. The molecule has 0 aromatic heterocycles. The van der Waals surface area contributed by atoms with Crippen molar-refractivity contribution < 1.29 is 9.84 Å². The van der Waals surface area contributed by atoms with E-state index >= 15 is 0 Å². The molecule has 0 aromatic carbocycles. The van der Waals surface area contributed by atoms with E-state index in [1.54, 1.807) is 0 Å². The van der Waals surface area contributed by atoms with E-state index in [0.717, 1.165) is 43.8 Å². The third kappa shape index (κ3) is 2.58. The van der Waals surface area contributed by atoms with Crippen LogP contribution in [0.3, 0.4) is 0 Å². The van der Waals surface area contributed by atoms with Gasteiger partial charge in [0.05, 0.1) is 12.2 Å². The molecule has 24 heavy (non-hydrogen) atoms. The maximum absolute atomic E-state index is 10.7. The minimum absolute atomic E-state index is 0.366. The highest BCUT2D eigenvalue weighted by atomic mass is 16.5. The topological polar surface area (TPSA) is 29.5 Å². The third-order valence-corrected chi connectivity index (χ3v) is 9.01. The second kappa shape index (κ2) is 5.98. The number of rotatable bonds is 3. The van der Waals surface area contributed by atoms with Gasteiger partial charge >= 0.3 is 0 Å². The maximum Gasteiger partial charge on any atom is 0.0622 e. The van der Waals surface area contributed by atoms with E-state index in [2.05, 4.69) is 20.8 Å². The number of hydrogen-bond acceptors (Lipinski definition) is 2. The molecule has 2 nitrogen and oxygen atoms in total. The number of aliphatic hydroxyl groups is 1. The van der Waals surface area contributed by atoms with Crippen LogP contribution in [0.2, 0.25) is 0 Å². The molecule has 0 saturated heterocycles. The maximum atomic E-state index is 10.7.